The van der Waals surface area contributed by atoms with E-state index < -0.39 is 35.0 Å². The summed E-state index contributed by atoms with van der Waals surface area (Å²) in [7, 11) is 0. The van der Waals surface area contributed by atoms with E-state index in [0.29, 0.717) is 6.42 Å². The van der Waals surface area contributed by atoms with E-state index in [-0.39, 0.29) is 6.42 Å². The van der Waals surface area contributed by atoms with Gasteiger partial charge in [0.05, 0.1) is 0 Å². The number of carbonyl (C=O) groups is 1. The molecule has 1 aromatic heterocycles. The molecule has 0 amide bonds. The van der Waals surface area contributed by atoms with E-state index in [4.69, 9.17) is 9.47 Å². The molecule has 0 radical (unpaired) electrons. The van der Waals surface area contributed by atoms with Gasteiger partial charge in [0, 0.05) is 11.5 Å². The van der Waals surface area contributed by atoms with Crippen LogP contribution in [0.5, 0.6) is 0 Å². The number of Topliss-reactive ketones (excluding diaryl/α,β-unsaturated/α-hetero) is 1. The van der Waals surface area contributed by atoms with Crippen LogP contribution in [0.25, 0.3) is 0 Å². The van der Waals surface area contributed by atoms with E-state index in [0.717, 1.165) is 23.9 Å². The van der Waals surface area contributed by atoms with Gasteiger partial charge < -0.3 is 10.1 Å². The maximum atomic E-state index is 12.9. The van der Waals surface area contributed by atoms with Crippen LogP contribution in [-0.2, 0) is 20.2 Å². The Morgan fingerprint density at radius 3 is 2.68 bits per heavy atom. The predicted octanol–water partition coefficient (Wildman–Crippen LogP) is 1.68. The molecule has 0 saturated carbocycles. The second-order valence-electron chi connectivity index (χ2n) is 5.18. The minimum atomic E-state index is -1.98. The van der Waals surface area contributed by atoms with Gasteiger partial charge in [-0.2, -0.15) is 0 Å². The van der Waals surface area contributed by atoms with E-state index in [1.54, 1.807) is 0 Å². The highest BCUT2D eigenvalue weighted by Crippen LogP contribution is 2.43. The minimum Gasteiger partial charge on any atom is -0.390 e. The Morgan fingerprint density at radius 1 is 1.50 bits per heavy atom. The molecule has 1 fully saturated rings. The number of aromatic nitrogens is 3. The van der Waals surface area contributed by atoms with Crippen LogP contribution in [0.1, 0.15) is 39.5 Å². The van der Waals surface area contributed by atoms with Crippen molar-refractivity contribution in [2.45, 2.75) is 51.2 Å². The molecule has 1 aromatic rings. The van der Waals surface area contributed by atoms with E-state index in [1.807, 2.05) is 6.92 Å². The SMILES string of the molecule is CCCCCC(=O)C1(n2cnc([N+](=O)[O-])n2)OC(C)(CF)O1. The minimum absolute atomic E-state index is 0.129. The van der Waals surface area contributed by atoms with Crippen LogP contribution in [0.4, 0.5) is 10.3 Å². The first kappa shape index (κ1) is 16.4. The van der Waals surface area contributed by atoms with E-state index in [2.05, 4.69) is 10.1 Å². The zero-order chi connectivity index (χ0) is 16.4. The summed E-state index contributed by atoms with van der Waals surface area (Å²) in [4.78, 5) is 25.7. The van der Waals surface area contributed by atoms with Crippen molar-refractivity contribution in [2.75, 3.05) is 6.67 Å². The van der Waals surface area contributed by atoms with Gasteiger partial charge in [-0.3, -0.25) is 14.3 Å². The highest BCUT2D eigenvalue weighted by atomic mass is 19.1. The van der Waals surface area contributed by atoms with Crippen molar-refractivity contribution in [3.63, 3.8) is 0 Å². The van der Waals surface area contributed by atoms with Gasteiger partial charge in [0.25, 0.3) is 0 Å². The third-order valence-electron chi connectivity index (χ3n) is 3.26. The number of nitrogens with zero attached hydrogens (tertiary/aromatic N) is 4. The summed E-state index contributed by atoms with van der Waals surface area (Å²) in [5, 5.41) is 14.2. The molecule has 22 heavy (non-hydrogen) atoms. The maximum absolute atomic E-state index is 12.9. The van der Waals surface area contributed by atoms with Crippen molar-refractivity contribution >= 4 is 11.7 Å². The second-order valence-corrected chi connectivity index (χ2v) is 5.18. The quantitative estimate of drug-likeness (QED) is 0.407. The number of hydrogen-bond acceptors (Lipinski definition) is 7. The fraction of sp³-hybridized carbons (Fsp3) is 0.750. The lowest BCUT2D eigenvalue weighted by Crippen LogP contribution is -2.67. The number of halogens is 1. The van der Waals surface area contributed by atoms with Crippen LogP contribution in [0.3, 0.4) is 0 Å². The van der Waals surface area contributed by atoms with Crippen LogP contribution < -0.4 is 0 Å². The van der Waals surface area contributed by atoms with Gasteiger partial charge in [0.2, 0.25) is 17.9 Å². The molecule has 0 aliphatic carbocycles. The lowest BCUT2D eigenvalue weighted by molar-refractivity contribution is -0.523. The van der Waals surface area contributed by atoms with Gasteiger partial charge in [0.1, 0.15) is 6.67 Å². The van der Waals surface area contributed by atoms with Gasteiger partial charge >= 0.3 is 11.9 Å². The Morgan fingerprint density at radius 2 is 2.18 bits per heavy atom. The van der Waals surface area contributed by atoms with E-state index >= 15 is 0 Å². The molecule has 0 spiro atoms. The fourth-order valence-corrected chi connectivity index (χ4v) is 2.16. The summed E-state index contributed by atoms with van der Waals surface area (Å²) in [6, 6.07) is 0. The monoisotopic (exact) mass is 316 g/mol. The van der Waals surface area contributed by atoms with Crippen molar-refractivity contribution in [3.05, 3.63) is 16.4 Å². The molecule has 0 bridgehead atoms. The zero-order valence-corrected chi connectivity index (χ0v) is 12.3. The van der Waals surface area contributed by atoms with Crippen LogP contribution in [0.2, 0.25) is 0 Å². The first-order chi connectivity index (χ1) is 10.4. The molecule has 2 heterocycles. The molecular formula is C12H17FN4O5. The Bertz CT molecular complexity index is 570. The van der Waals surface area contributed by atoms with Gasteiger partial charge in [-0.05, 0) is 18.3 Å². The van der Waals surface area contributed by atoms with Gasteiger partial charge in [0.15, 0.2) is 0 Å². The molecule has 1 saturated heterocycles. The average Bonchev–Trinajstić information content (AvgIpc) is 2.94. The zero-order valence-electron chi connectivity index (χ0n) is 12.3. The lowest BCUT2D eigenvalue weighted by Gasteiger charge is -2.49. The van der Waals surface area contributed by atoms with Gasteiger partial charge in [-0.1, -0.05) is 24.7 Å². The number of unbranched alkanes of at least 4 members (excludes halogenated alkanes) is 2. The molecule has 1 aliphatic heterocycles. The third kappa shape index (κ3) is 2.83. The third-order valence-corrected chi connectivity index (χ3v) is 3.26. The normalized spacial score (nSPS) is 27.4. The highest BCUT2D eigenvalue weighted by Gasteiger charge is 2.63. The van der Waals surface area contributed by atoms with Crippen molar-refractivity contribution in [2.24, 2.45) is 0 Å². The molecule has 10 heteroatoms. The highest BCUT2D eigenvalue weighted by molar-refractivity contribution is 5.84. The first-order valence-corrected chi connectivity index (χ1v) is 6.93. The summed E-state index contributed by atoms with van der Waals surface area (Å²) in [6.07, 6.45) is 3.45. The van der Waals surface area contributed by atoms with Crippen molar-refractivity contribution in [3.8, 4) is 0 Å². The maximum Gasteiger partial charge on any atom is 0.491 e. The van der Waals surface area contributed by atoms with Crippen LogP contribution in [0.15, 0.2) is 6.33 Å². The number of carbonyl (C=O) groups excluding carboxylic acids is 1. The molecule has 0 unspecified atom stereocenters. The molecule has 0 aromatic carbocycles. The molecule has 1 aliphatic rings. The lowest BCUT2D eigenvalue weighted by atomic mass is 10.1. The fourth-order valence-electron chi connectivity index (χ4n) is 2.16. The number of nitro groups is 1. The summed E-state index contributed by atoms with van der Waals surface area (Å²) >= 11 is 0. The Kier molecular flexibility index (Phi) is 4.52. The summed E-state index contributed by atoms with van der Waals surface area (Å²) in [5.74, 6) is -4.72. The van der Waals surface area contributed by atoms with Crippen molar-refractivity contribution < 1.29 is 23.6 Å². The van der Waals surface area contributed by atoms with Gasteiger partial charge in [-0.25, -0.2) is 4.39 Å². The summed E-state index contributed by atoms with van der Waals surface area (Å²) in [6.45, 7) is 2.35. The van der Waals surface area contributed by atoms with Crippen LogP contribution in [0, 0.1) is 10.1 Å². The summed E-state index contributed by atoms with van der Waals surface area (Å²) < 4.78 is 24.4. The molecule has 0 atom stereocenters. The van der Waals surface area contributed by atoms with Crippen LogP contribution >= 0.6 is 0 Å². The van der Waals surface area contributed by atoms with Gasteiger partial charge in [-0.15, -0.1) is 4.68 Å². The van der Waals surface area contributed by atoms with Crippen molar-refractivity contribution in [1.82, 2.24) is 14.8 Å². The number of ether oxygens (including phenoxy) is 2. The largest absolute Gasteiger partial charge is 0.491 e. The number of ketones is 1. The predicted molar refractivity (Wildman–Crippen MR) is 70.3 cm³/mol. The molecule has 2 rings (SSSR count). The number of alkyl halides is 1. The molecular weight excluding hydrogens is 299 g/mol. The Labute approximate surface area is 125 Å². The van der Waals surface area contributed by atoms with E-state index in [9.17, 15) is 19.3 Å². The average molecular weight is 316 g/mol. The standard InChI is InChI=1S/C12H17FN4O5/c1-3-4-5-6-9(18)12(21-11(2,7-13)22-12)16-8-14-10(15-16)17(19)20/h8H,3-7H2,1-2H3. The smallest absolute Gasteiger partial charge is 0.390 e. The first-order valence-electron chi connectivity index (χ1n) is 6.93. The van der Waals surface area contributed by atoms with Crippen LogP contribution in [-0.4, -0.2) is 37.9 Å². The number of hydrogen-bond donors (Lipinski definition) is 0. The van der Waals surface area contributed by atoms with E-state index in [1.165, 1.54) is 6.92 Å². The topological polar surface area (TPSA) is 109 Å². The molecule has 9 nitrogen and oxygen atoms in total. The van der Waals surface area contributed by atoms with Crippen molar-refractivity contribution in [1.29, 1.82) is 0 Å². The summed E-state index contributed by atoms with van der Waals surface area (Å²) in [5.41, 5.74) is 0. The Hall–Kier alpha value is -1.94. The Balaban J connectivity index is 2.23. The number of rotatable bonds is 8. The second kappa shape index (κ2) is 6.05. The molecule has 0 N–H and O–H groups in total. The molecule has 122 valence electrons.